The molecule has 1 aromatic carbocycles. The molecule has 2 aromatic rings. The van der Waals surface area contributed by atoms with E-state index in [2.05, 4.69) is 37.1 Å². The standard InChI is InChI=1S/C15H21N3/c1-4-8-15(2,3)18-14-6-5-13(16)12-10-17-9-7-11(12)14/h5-7,9-10,18H,4,8,16H2,1-3H3. The minimum Gasteiger partial charge on any atom is -0.398 e. The molecule has 0 aliphatic rings. The highest BCUT2D eigenvalue weighted by Crippen LogP contribution is 2.30. The van der Waals surface area contributed by atoms with Crippen LogP contribution in [-0.4, -0.2) is 10.5 Å². The van der Waals surface area contributed by atoms with Crippen LogP contribution in [0.5, 0.6) is 0 Å². The molecule has 0 spiro atoms. The van der Waals surface area contributed by atoms with E-state index in [-0.39, 0.29) is 5.54 Å². The van der Waals surface area contributed by atoms with Crippen LogP contribution in [0.1, 0.15) is 33.6 Å². The second-order valence-corrected chi connectivity index (χ2v) is 5.38. The van der Waals surface area contributed by atoms with E-state index in [1.807, 2.05) is 18.3 Å². The van der Waals surface area contributed by atoms with Gasteiger partial charge in [-0.05, 0) is 38.5 Å². The summed E-state index contributed by atoms with van der Waals surface area (Å²) in [4.78, 5) is 4.14. The summed E-state index contributed by atoms with van der Waals surface area (Å²) < 4.78 is 0. The van der Waals surface area contributed by atoms with Crippen LogP contribution in [0, 0.1) is 0 Å². The lowest BCUT2D eigenvalue weighted by atomic mass is 9.97. The molecule has 3 heteroatoms. The van der Waals surface area contributed by atoms with Gasteiger partial charge in [-0.3, -0.25) is 4.98 Å². The average molecular weight is 243 g/mol. The molecule has 0 saturated carbocycles. The van der Waals surface area contributed by atoms with E-state index in [1.165, 1.54) is 0 Å². The first-order valence-corrected chi connectivity index (χ1v) is 6.44. The quantitative estimate of drug-likeness (QED) is 0.803. The highest BCUT2D eigenvalue weighted by Gasteiger charge is 2.17. The van der Waals surface area contributed by atoms with Crippen molar-refractivity contribution in [3.63, 3.8) is 0 Å². The van der Waals surface area contributed by atoms with E-state index < -0.39 is 0 Å². The van der Waals surface area contributed by atoms with Crippen molar-refractivity contribution < 1.29 is 0 Å². The SMILES string of the molecule is CCCC(C)(C)Nc1ccc(N)c2cnccc12. The minimum absolute atomic E-state index is 0.0844. The summed E-state index contributed by atoms with van der Waals surface area (Å²) in [7, 11) is 0. The monoisotopic (exact) mass is 243 g/mol. The third-order valence-corrected chi connectivity index (χ3v) is 3.20. The number of rotatable bonds is 4. The Bertz CT molecular complexity index is 546. The topological polar surface area (TPSA) is 50.9 Å². The number of hydrogen-bond acceptors (Lipinski definition) is 3. The number of anilines is 2. The van der Waals surface area contributed by atoms with Crippen LogP contribution < -0.4 is 11.1 Å². The molecule has 3 nitrogen and oxygen atoms in total. The summed E-state index contributed by atoms with van der Waals surface area (Å²) in [6.45, 7) is 6.65. The van der Waals surface area contributed by atoms with E-state index in [9.17, 15) is 0 Å². The zero-order chi connectivity index (χ0) is 13.2. The van der Waals surface area contributed by atoms with Crippen molar-refractivity contribution in [2.45, 2.75) is 39.2 Å². The molecular formula is C15H21N3. The molecule has 0 radical (unpaired) electrons. The molecule has 1 heterocycles. The Morgan fingerprint density at radius 3 is 2.72 bits per heavy atom. The Morgan fingerprint density at radius 1 is 1.22 bits per heavy atom. The van der Waals surface area contributed by atoms with Gasteiger partial charge in [-0.25, -0.2) is 0 Å². The van der Waals surface area contributed by atoms with E-state index in [0.29, 0.717) is 0 Å². The largest absolute Gasteiger partial charge is 0.398 e. The van der Waals surface area contributed by atoms with Gasteiger partial charge in [0.25, 0.3) is 0 Å². The van der Waals surface area contributed by atoms with Crippen molar-refractivity contribution in [2.75, 3.05) is 11.1 Å². The summed E-state index contributed by atoms with van der Waals surface area (Å²) in [6.07, 6.45) is 5.92. The zero-order valence-corrected chi connectivity index (χ0v) is 11.3. The highest BCUT2D eigenvalue weighted by atomic mass is 15.0. The minimum atomic E-state index is 0.0844. The van der Waals surface area contributed by atoms with Gasteiger partial charge < -0.3 is 11.1 Å². The fourth-order valence-corrected chi connectivity index (χ4v) is 2.37. The molecule has 0 fully saturated rings. The molecular weight excluding hydrogens is 222 g/mol. The lowest BCUT2D eigenvalue weighted by Crippen LogP contribution is -2.30. The molecule has 0 aliphatic heterocycles. The van der Waals surface area contributed by atoms with E-state index in [1.54, 1.807) is 6.20 Å². The van der Waals surface area contributed by atoms with Gasteiger partial charge in [-0.15, -0.1) is 0 Å². The first kappa shape index (κ1) is 12.7. The van der Waals surface area contributed by atoms with Gasteiger partial charge in [0, 0.05) is 40.1 Å². The third kappa shape index (κ3) is 2.55. The molecule has 0 aliphatic carbocycles. The Hall–Kier alpha value is -1.77. The number of hydrogen-bond donors (Lipinski definition) is 2. The van der Waals surface area contributed by atoms with Crippen LogP contribution in [-0.2, 0) is 0 Å². The van der Waals surface area contributed by atoms with Gasteiger partial charge >= 0.3 is 0 Å². The third-order valence-electron chi connectivity index (χ3n) is 3.20. The van der Waals surface area contributed by atoms with E-state index in [4.69, 9.17) is 5.73 Å². The summed E-state index contributed by atoms with van der Waals surface area (Å²) in [6, 6.07) is 6.00. The maximum atomic E-state index is 5.98. The number of fused-ring (bicyclic) bond motifs is 1. The maximum absolute atomic E-state index is 5.98. The van der Waals surface area contributed by atoms with Crippen LogP contribution in [0.2, 0.25) is 0 Å². The molecule has 0 bridgehead atoms. The van der Waals surface area contributed by atoms with Crippen molar-refractivity contribution >= 4 is 22.1 Å². The molecule has 1 aromatic heterocycles. The lowest BCUT2D eigenvalue weighted by Gasteiger charge is -2.28. The fraction of sp³-hybridized carbons (Fsp3) is 0.400. The van der Waals surface area contributed by atoms with Gasteiger partial charge in [-0.2, -0.15) is 0 Å². The second kappa shape index (κ2) is 4.84. The Morgan fingerprint density at radius 2 is 2.00 bits per heavy atom. The predicted octanol–water partition coefficient (Wildman–Crippen LogP) is 3.81. The molecule has 2 rings (SSSR count). The van der Waals surface area contributed by atoms with Crippen LogP contribution in [0.4, 0.5) is 11.4 Å². The molecule has 0 unspecified atom stereocenters. The zero-order valence-electron chi connectivity index (χ0n) is 11.3. The van der Waals surface area contributed by atoms with Crippen molar-refractivity contribution in [1.29, 1.82) is 0 Å². The lowest BCUT2D eigenvalue weighted by molar-refractivity contribution is 0.511. The van der Waals surface area contributed by atoms with E-state index >= 15 is 0 Å². The smallest absolute Gasteiger partial charge is 0.0426 e. The Labute approximate surface area is 108 Å². The van der Waals surface area contributed by atoms with Crippen molar-refractivity contribution in [2.24, 2.45) is 0 Å². The number of nitrogens with zero attached hydrogens (tertiary/aromatic N) is 1. The summed E-state index contributed by atoms with van der Waals surface area (Å²) >= 11 is 0. The number of pyridine rings is 1. The normalized spacial score (nSPS) is 11.7. The molecule has 0 atom stereocenters. The number of benzene rings is 1. The first-order valence-electron chi connectivity index (χ1n) is 6.44. The van der Waals surface area contributed by atoms with E-state index in [0.717, 1.165) is 35.0 Å². The highest BCUT2D eigenvalue weighted by molar-refractivity contribution is 6.00. The Kier molecular flexibility index (Phi) is 3.41. The molecule has 3 N–H and O–H groups in total. The number of aromatic nitrogens is 1. The average Bonchev–Trinajstić information content (AvgIpc) is 2.33. The fourth-order valence-electron chi connectivity index (χ4n) is 2.37. The van der Waals surface area contributed by atoms with Gasteiger partial charge in [0.2, 0.25) is 0 Å². The maximum Gasteiger partial charge on any atom is 0.0426 e. The summed E-state index contributed by atoms with van der Waals surface area (Å²) in [5.41, 5.74) is 7.96. The molecule has 0 saturated heterocycles. The predicted molar refractivity (Wildman–Crippen MR) is 78.8 cm³/mol. The van der Waals surface area contributed by atoms with Gasteiger partial charge in [0.05, 0.1) is 0 Å². The second-order valence-electron chi connectivity index (χ2n) is 5.38. The summed E-state index contributed by atoms with van der Waals surface area (Å²) in [5.74, 6) is 0. The van der Waals surface area contributed by atoms with Crippen LogP contribution >= 0.6 is 0 Å². The van der Waals surface area contributed by atoms with Crippen molar-refractivity contribution in [3.05, 3.63) is 30.6 Å². The van der Waals surface area contributed by atoms with Gasteiger partial charge in [0.15, 0.2) is 0 Å². The number of nitrogens with one attached hydrogen (secondary N) is 1. The summed E-state index contributed by atoms with van der Waals surface area (Å²) in [5, 5.41) is 5.75. The number of nitrogens with two attached hydrogens (primary N) is 1. The Balaban J connectivity index is 2.43. The molecule has 0 amide bonds. The van der Waals surface area contributed by atoms with Gasteiger partial charge in [-0.1, -0.05) is 13.3 Å². The first-order chi connectivity index (χ1) is 8.53. The van der Waals surface area contributed by atoms with Gasteiger partial charge in [0.1, 0.15) is 0 Å². The molecule has 18 heavy (non-hydrogen) atoms. The number of nitrogen functional groups attached to an aromatic ring is 1. The van der Waals surface area contributed by atoms with Crippen LogP contribution in [0.3, 0.4) is 0 Å². The molecule has 96 valence electrons. The van der Waals surface area contributed by atoms with Crippen LogP contribution in [0.25, 0.3) is 10.8 Å². The van der Waals surface area contributed by atoms with Crippen molar-refractivity contribution in [3.8, 4) is 0 Å². The van der Waals surface area contributed by atoms with Crippen LogP contribution in [0.15, 0.2) is 30.6 Å². The van der Waals surface area contributed by atoms with Crippen molar-refractivity contribution in [1.82, 2.24) is 4.98 Å².